The molecular formula is C24H37N3O4S2. The summed E-state index contributed by atoms with van der Waals surface area (Å²) in [6.45, 7) is 3.40. The van der Waals surface area contributed by atoms with Gasteiger partial charge in [0.1, 0.15) is 0 Å². The van der Waals surface area contributed by atoms with Crippen LogP contribution in [0.3, 0.4) is 0 Å². The Morgan fingerprint density at radius 3 is 1.48 bits per heavy atom. The van der Waals surface area contributed by atoms with E-state index in [1.54, 1.807) is 48.5 Å². The summed E-state index contributed by atoms with van der Waals surface area (Å²) in [5, 5.41) is 0. The molecule has 0 atom stereocenters. The highest BCUT2D eigenvalue weighted by Crippen LogP contribution is 2.11. The Bertz CT molecular complexity index is 923. The van der Waals surface area contributed by atoms with Gasteiger partial charge in [-0.3, -0.25) is 9.44 Å². The molecule has 0 spiro atoms. The van der Waals surface area contributed by atoms with Crippen LogP contribution < -0.4 is 9.44 Å². The molecule has 0 fully saturated rings. The lowest BCUT2D eigenvalue weighted by Crippen LogP contribution is -2.36. The number of benzene rings is 2. The van der Waals surface area contributed by atoms with Gasteiger partial charge in [0.05, 0.1) is 11.5 Å². The molecule has 2 N–H and O–H groups in total. The van der Waals surface area contributed by atoms with Gasteiger partial charge >= 0.3 is 0 Å². The van der Waals surface area contributed by atoms with Gasteiger partial charge in [-0.1, -0.05) is 75.4 Å². The van der Waals surface area contributed by atoms with Crippen LogP contribution in [0.5, 0.6) is 0 Å². The van der Waals surface area contributed by atoms with E-state index in [-0.39, 0.29) is 24.6 Å². The highest BCUT2D eigenvalue weighted by Gasteiger charge is 2.17. The maximum atomic E-state index is 12.5. The van der Waals surface area contributed by atoms with Crippen LogP contribution in [0, 0.1) is 0 Å². The molecule has 7 nitrogen and oxygen atoms in total. The number of hydrogen-bond acceptors (Lipinski definition) is 5. The van der Waals surface area contributed by atoms with Gasteiger partial charge in [-0.05, 0) is 37.2 Å². The van der Waals surface area contributed by atoms with Gasteiger partial charge in [0.15, 0.2) is 0 Å². The summed E-state index contributed by atoms with van der Waals surface area (Å²) >= 11 is 0. The smallest absolute Gasteiger partial charge is 0.233 e. The van der Waals surface area contributed by atoms with E-state index >= 15 is 0 Å². The maximum Gasteiger partial charge on any atom is 0.233 e. The second kappa shape index (κ2) is 14.2. The van der Waals surface area contributed by atoms with Crippen LogP contribution in [-0.4, -0.2) is 52.9 Å². The van der Waals surface area contributed by atoms with Gasteiger partial charge in [0, 0.05) is 24.5 Å². The normalized spacial score (nSPS) is 12.1. The number of nitrogens with zero attached hydrogens (tertiary/aromatic N) is 1. The zero-order valence-corrected chi connectivity index (χ0v) is 21.1. The molecule has 0 radical (unpaired) electrons. The Morgan fingerprint density at radius 2 is 1.03 bits per heavy atom. The summed E-state index contributed by atoms with van der Waals surface area (Å²) in [5.41, 5.74) is 1.05. The Kier molecular flexibility index (Phi) is 11.7. The van der Waals surface area contributed by atoms with Gasteiger partial charge < -0.3 is 4.90 Å². The van der Waals surface area contributed by atoms with Gasteiger partial charge in [-0.2, -0.15) is 0 Å². The first-order valence-corrected chi connectivity index (χ1v) is 14.9. The number of unbranched alkanes of at least 4 members (excludes halogenated alkanes) is 5. The van der Waals surface area contributed by atoms with E-state index in [1.165, 1.54) is 19.3 Å². The van der Waals surface area contributed by atoms with Crippen LogP contribution in [0.1, 0.15) is 45.4 Å². The molecular weight excluding hydrogens is 458 g/mol. The molecule has 9 heteroatoms. The summed E-state index contributed by atoms with van der Waals surface area (Å²) in [4.78, 5) is 1.94. The van der Waals surface area contributed by atoms with Crippen molar-refractivity contribution in [1.29, 1.82) is 0 Å². The monoisotopic (exact) mass is 495 g/mol. The van der Waals surface area contributed by atoms with Crippen molar-refractivity contribution >= 4 is 31.4 Å². The molecule has 0 aromatic heterocycles. The molecule has 0 saturated carbocycles. The summed E-state index contributed by atoms with van der Waals surface area (Å²) < 4.78 is 55.3. The van der Waals surface area contributed by atoms with Gasteiger partial charge in [-0.15, -0.1) is 0 Å². The Balaban J connectivity index is 1.90. The van der Waals surface area contributed by atoms with Crippen molar-refractivity contribution in [3.8, 4) is 0 Å². The van der Waals surface area contributed by atoms with E-state index < -0.39 is 20.0 Å². The molecule has 0 heterocycles. The predicted octanol–water partition coefficient (Wildman–Crippen LogP) is 4.53. The van der Waals surface area contributed by atoms with Crippen LogP contribution >= 0.6 is 0 Å². The van der Waals surface area contributed by atoms with Crippen LogP contribution in [0.2, 0.25) is 0 Å². The minimum atomic E-state index is -3.53. The van der Waals surface area contributed by atoms with Crippen molar-refractivity contribution in [3.05, 3.63) is 60.7 Å². The van der Waals surface area contributed by atoms with E-state index in [1.807, 2.05) is 17.0 Å². The molecule has 0 saturated heterocycles. The second-order valence-corrected chi connectivity index (χ2v) is 11.9. The van der Waals surface area contributed by atoms with Gasteiger partial charge in [0.25, 0.3) is 0 Å². The van der Waals surface area contributed by atoms with Crippen molar-refractivity contribution in [2.24, 2.45) is 0 Å². The van der Waals surface area contributed by atoms with E-state index in [0.29, 0.717) is 17.9 Å². The summed E-state index contributed by atoms with van der Waals surface area (Å²) in [5.74, 6) is -0.187. The summed E-state index contributed by atoms with van der Waals surface area (Å²) in [6.07, 6.45) is 6.72. The minimum Gasteiger partial charge on any atom is -0.301 e. The molecule has 33 heavy (non-hydrogen) atoms. The van der Waals surface area contributed by atoms with Crippen molar-refractivity contribution in [2.45, 2.75) is 45.4 Å². The van der Waals surface area contributed by atoms with E-state index in [4.69, 9.17) is 0 Å². The fraction of sp³-hybridized carbons (Fsp3) is 0.500. The summed E-state index contributed by atoms with van der Waals surface area (Å²) in [7, 11) is -7.06. The minimum absolute atomic E-state index is 0.0934. The fourth-order valence-corrected chi connectivity index (χ4v) is 5.61. The van der Waals surface area contributed by atoms with Crippen molar-refractivity contribution in [1.82, 2.24) is 4.90 Å². The number of rotatable bonds is 17. The molecule has 0 unspecified atom stereocenters. The van der Waals surface area contributed by atoms with E-state index in [0.717, 1.165) is 19.3 Å². The molecule has 2 rings (SSSR count). The largest absolute Gasteiger partial charge is 0.301 e. The molecule has 0 aliphatic carbocycles. The highest BCUT2D eigenvalue weighted by atomic mass is 32.2. The van der Waals surface area contributed by atoms with Crippen molar-refractivity contribution in [3.63, 3.8) is 0 Å². The third kappa shape index (κ3) is 12.1. The lowest BCUT2D eigenvalue weighted by atomic mass is 10.1. The number of para-hydroxylation sites is 2. The van der Waals surface area contributed by atoms with Crippen LogP contribution in [0.25, 0.3) is 0 Å². The number of anilines is 2. The van der Waals surface area contributed by atoms with Crippen molar-refractivity contribution in [2.75, 3.05) is 40.6 Å². The first kappa shape index (κ1) is 27.1. The van der Waals surface area contributed by atoms with Gasteiger partial charge in [0.2, 0.25) is 20.0 Å². The van der Waals surface area contributed by atoms with Crippen molar-refractivity contribution < 1.29 is 16.8 Å². The number of sulfonamides is 2. The first-order valence-electron chi connectivity index (χ1n) is 11.6. The summed E-state index contributed by atoms with van der Waals surface area (Å²) in [6, 6.07) is 17.5. The molecule has 184 valence electrons. The highest BCUT2D eigenvalue weighted by molar-refractivity contribution is 7.93. The van der Waals surface area contributed by atoms with Gasteiger partial charge in [-0.25, -0.2) is 16.8 Å². The number of hydrogen-bond donors (Lipinski definition) is 2. The molecule has 0 aliphatic heterocycles. The van der Waals surface area contributed by atoms with E-state index in [9.17, 15) is 16.8 Å². The molecule has 2 aromatic carbocycles. The predicted molar refractivity (Wildman–Crippen MR) is 138 cm³/mol. The lowest BCUT2D eigenvalue weighted by molar-refractivity contribution is 0.297. The second-order valence-electron chi connectivity index (χ2n) is 8.18. The lowest BCUT2D eigenvalue weighted by Gasteiger charge is -2.22. The average Bonchev–Trinajstić information content (AvgIpc) is 2.78. The third-order valence-electron chi connectivity index (χ3n) is 5.27. The molecule has 0 amide bonds. The average molecular weight is 496 g/mol. The zero-order valence-electron chi connectivity index (χ0n) is 19.4. The maximum absolute atomic E-state index is 12.5. The third-order valence-corrected chi connectivity index (χ3v) is 7.81. The van der Waals surface area contributed by atoms with Crippen LogP contribution in [0.15, 0.2) is 60.7 Å². The Labute approximate surface area is 199 Å². The number of nitrogens with one attached hydrogen (secondary N) is 2. The van der Waals surface area contributed by atoms with Crippen LogP contribution in [0.4, 0.5) is 11.4 Å². The quantitative estimate of drug-likeness (QED) is 0.314. The fourth-order valence-electron chi connectivity index (χ4n) is 3.42. The molecule has 0 bridgehead atoms. The Hall–Kier alpha value is -2.10. The van der Waals surface area contributed by atoms with E-state index in [2.05, 4.69) is 16.4 Å². The standard InChI is InChI=1S/C24H37N3O4S2/c1-2-3-4-5-6-13-18-27(19-21-32(28,29)25-23-14-9-7-10-15-23)20-22-33(30,31)26-24-16-11-8-12-17-24/h7-12,14-17,25-26H,2-6,13,18-22H2,1H3. The van der Waals surface area contributed by atoms with Crippen LogP contribution in [-0.2, 0) is 20.0 Å². The Morgan fingerprint density at radius 1 is 0.606 bits per heavy atom. The molecule has 0 aliphatic rings. The zero-order chi connectivity index (χ0) is 24.0. The SMILES string of the molecule is CCCCCCCCN(CCS(=O)(=O)Nc1ccccc1)CCS(=O)(=O)Nc1ccccc1. The molecule has 2 aromatic rings. The first-order chi connectivity index (χ1) is 15.8. The topological polar surface area (TPSA) is 95.6 Å².